The number of aromatic nitrogens is 3. The summed E-state index contributed by atoms with van der Waals surface area (Å²) in [4.78, 5) is 4.89. The predicted octanol–water partition coefficient (Wildman–Crippen LogP) is 4.14. The van der Waals surface area contributed by atoms with E-state index in [0.29, 0.717) is 6.54 Å². The van der Waals surface area contributed by atoms with Crippen molar-refractivity contribution in [3.63, 3.8) is 0 Å². The molecule has 26 heavy (non-hydrogen) atoms. The molecule has 4 nitrogen and oxygen atoms in total. The summed E-state index contributed by atoms with van der Waals surface area (Å²) < 4.78 is 4.59. The zero-order valence-corrected chi connectivity index (χ0v) is 15.7. The summed E-state index contributed by atoms with van der Waals surface area (Å²) in [6.07, 6.45) is 0.910. The largest absolute Gasteiger partial charge is 0.345 e. The fraction of sp³-hybridized carbons (Fsp3) is 0.318. The van der Waals surface area contributed by atoms with Crippen LogP contribution in [0.1, 0.15) is 29.9 Å². The molecule has 2 N–H and O–H groups in total. The topological polar surface area (TPSA) is 48.8 Å². The molecule has 0 spiro atoms. The van der Waals surface area contributed by atoms with Gasteiger partial charge in [-0.25, -0.2) is 4.98 Å². The highest BCUT2D eigenvalue weighted by molar-refractivity contribution is 5.85. The Balaban J connectivity index is 1.81. The number of para-hydroxylation sites is 3. The van der Waals surface area contributed by atoms with Crippen molar-refractivity contribution in [2.75, 3.05) is 6.54 Å². The van der Waals surface area contributed by atoms with Crippen LogP contribution in [0.4, 0.5) is 0 Å². The first-order valence-corrected chi connectivity index (χ1v) is 9.33. The summed E-state index contributed by atoms with van der Waals surface area (Å²) in [5, 5.41) is 1.34. The Morgan fingerprint density at radius 1 is 1.04 bits per heavy atom. The molecule has 4 rings (SSSR count). The zero-order chi connectivity index (χ0) is 18.3. The minimum atomic E-state index is 0.196. The number of nitrogens with two attached hydrogens (primary N) is 1. The molecule has 2 heterocycles. The minimum absolute atomic E-state index is 0.196. The highest BCUT2D eigenvalue weighted by Crippen LogP contribution is 2.31. The van der Waals surface area contributed by atoms with Gasteiger partial charge in [0, 0.05) is 42.7 Å². The van der Waals surface area contributed by atoms with Crippen molar-refractivity contribution in [1.82, 2.24) is 14.1 Å². The molecule has 4 heteroatoms. The molecule has 2 aromatic carbocycles. The highest BCUT2D eigenvalue weighted by Gasteiger charge is 2.22. The first-order valence-electron chi connectivity index (χ1n) is 9.33. The maximum Gasteiger partial charge on any atom is 0.114 e. The monoisotopic (exact) mass is 346 g/mol. The van der Waals surface area contributed by atoms with E-state index in [1.807, 2.05) is 6.07 Å². The number of benzene rings is 2. The zero-order valence-electron chi connectivity index (χ0n) is 15.7. The molecule has 0 radical (unpaired) electrons. The third-order valence-electron chi connectivity index (χ3n) is 5.60. The number of hydrogen-bond acceptors (Lipinski definition) is 2. The molecule has 0 fully saturated rings. The van der Waals surface area contributed by atoms with E-state index in [1.165, 1.54) is 22.2 Å². The third kappa shape index (κ3) is 2.53. The molecule has 0 aliphatic carbocycles. The van der Waals surface area contributed by atoms with Gasteiger partial charge in [0.05, 0.1) is 11.0 Å². The van der Waals surface area contributed by atoms with Gasteiger partial charge >= 0.3 is 0 Å². The molecule has 0 aliphatic rings. The van der Waals surface area contributed by atoms with E-state index in [1.54, 1.807) is 0 Å². The summed E-state index contributed by atoms with van der Waals surface area (Å²) in [5.41, 5.74) is 12.5. The number of nitrogens with zero attached hydrogens (tertiary/aromatic N) is 3. The number of hydrogen-bond donors (Lipinski definition) is 1. The summed E-state index contributed by atoms with van der Waals surface area (Å²) in [5.74, 6) is 1.27. The van der Waals surface area contributed by atoms with Gasteiger partial charge in [0.25, 0.3) is 0 Å². The Morgan fingerprint density at radius 2 is 1.73 bits per heavy atom. The van der Waals surface area contributed by atoms with Crippen LogP contribution in [0.15, 0.2) is 48.5 Å². The Hall–Kier alpha value is -2.59. The van der Waals surface area contributed by atoms with Gasteiger partial charge in [-0.2, -0.15) is 0 Å². The Morgan fingerprint density at radius 3 is 2.42 bits per heavy atom. The van der Waals surface area contributed by atoms with Crippen LogP contribution in [0, 0.1) is 6.92 Å². The number of rotatable bonds is 5. The Bertz CT molecular complexity index is 1070. The van der Waals surface area contributed by atoms with E-state index >= 15 is 0 Å². The summed E-state index contributed by atoms with van der Waals surface area (Å²) in [6, 6.07) is 17.0. The fourth-order valence-corrected chi connectivity index (χ4v) is 4.22. The first kappa shape index (κ1) is 16.9. The molecule has 0 saturated heterocycles. The lowest BCUT2D eigenvalue weighted by atomic mass is 9.96. The van der Waals surface area contributed by atoms with Crippen LogP contribution in [0.2, 0.25) is 0 Å². The van der Waals surface area contributed by atoms with Crippen LogP contribution in [0.25, 0.3) is 21.9 Å². The SMILES string of the molecule is CCn1c(C)c(CC(CN)c2nc3ccccc3n2C)c2ccccc21. The van der Waals surface area contributed by atoms with Gasteiger partial charge in [0.1, 0.15) is 5.82 Å². The van der Waals surface area contributed by atoms with Crippen molar-refractivity contribution in [2.45, 2.75) is 32.7 Å². The van der Waals surface area contributed by atoms with Gasteiger partial charge in [-0.3, -0.25) is 0 Å². The van der Waals surface area contributed by atoms with E-state index in [4.69, 9.17) is 10.7 Å². The van der Waals surface area contributed by atoms with Gasteiger partial charge in [0.15, 0.2) is 0 Å². The summed E-state index contributed by atoms with van der Waals surface area (Å²) in [6.45, 7) is 5.99. The average molecular weight is 346 g/mol. The molecule has 1 atom stereocenters. The molecule has 0 saturated carbocycles. The van der Waals surface area contributed by atoms with E-state index in [-0.39, 0.29) is 5.92 Å². The second-order valence-corrected chi connectivity index (χ2v) is 6.98. The average Bonchev–Trinajstić information content (AvgIpc) is 3.14. The van der Waals surface area contributed by atoms with Crippen molar-refractivity contribution in [1.29, 1.82) is 0 Å². The lowest BCUT2D eigenvalue weighted by Gasteiger charge is -2.15. The second kappa shape index (κ2) is 6.61. The second-order valence-electron chi connectivity index (χ2n) is 6.98. The van der Waals surface area contributed by atoms with Crippen LogP contribution >= 0.6 is 0 Å². The van der Waals surface area contributed by atoms with Gasteiger partial charge in [-0.1, -0.05) is 30.3 Å². The lowest BCUT2D eigenvalue weighted by molar-refractivity contribution is 0.620. The molecular formula is C22H26N4. The fourth-order valence-electron chi connectivity index (χ4n) is 4.22. The van der Waals surface area contributed by atoms with Crippen molar-refractivity contribution in [3.8, 4) is 0 Å². The molecule has 1 unspecified atom stereocenters. The molecule has 2 aromatic heterocycles. The molecule has 0 amide bonds. The predicted molar refractivity (Wildman–Crippen MR) is 109 cm³/mol. The van der Waals surface area contributed by atoms with Crippen molar-refractivity contribution < 1.29 is 0 Å². The van der Waals surface area contributed by atoms with Crippen molar-refractivity contribution >= 4 is 21.9 Å². The standard InChI is InChI=1S/C22H26N4/c1-4-26-15(2)18(17-9-5-7-11-20(17)26)13-16(14-23)22-24-19-10-6-8-12-21(19)25(22)3/h5-12,16H,4,13-14,23H2,1-3H3. The minimum Gasteiger partial charge on any atom is -0.345 e. The Labute approximate surface area is 154 Å². The number of imidazole rings is 1. The van der Waals surface area contributed by atoms with Crippen LogP contribution in [-0.4, -0.2) is 20.7 Å². The van der Waals surface area contributed by atoms with Gasteiger partial charge in [-0.15, -0.1) is 0 Å². The van der Waals surface area contributed by atoms with Crippen molar-refractivity contribution in [2.24, 2.45) is 12.8 Å². The maximum atomic E-state index is 6.22. The first-order chi connectivity index (χ1) is 12.7. The van der Waals surface area contributed by atoms with Crippen LogP contribution < -0.4 is 5.73 Å². The van der Waals surface area contributed by atoms with E-state index in [0.717, 1.165) is 29.8 Å². The molecule has 4 aromatic rings. The molecule has 134 valence electrons. The third-order valence-corrected chi connectivity index (χ3v) is 5.60. The van der Waals surface area contributed by atoms with E-state index in [9.17, 15) is 0 Å². The van der Waals surface area contributed by atoms with E-state index < -0.39 is 0 Å². The highest BCUT2D eigenvalue weighted by atomic mass is 15.1. The smallest absolute Gasteiger partial charge is 0.114 e. The Kier molecular flexibility index (Phi) is 4.29. The van der Waals surface area contributed by atoms with Crippen LogP contribution in [0.5, 0.6) is 0 Å². The van der Waals surface area contributed by atoms with Gasteiger partial charge in [-0.05, 0) is 44.0 Å². The molecular weight excluding hydrogens is 320 g/mol. The number of fused-ring (bicyclic) bond motifs is 2. The normalized spacial score (nSPS) is 12.9. The molecule has 0 aliphatic heterocycles. The maximum absolute atomic E-state index is 6.22. The quantitative estimate of drug-likeness (QED) is 0.590. The van der Waals surface area contributed by atoms with E-state index in [2.05, 4.69) is 72.5 Å². The lowest BCUT2D eigenvalue weighted by Crippen LogP contribution is -2.19. The van der Waals surface area contributed by atoms with Crippen LogP contribution in [-0.2, 0) is 20.0 Å². The van der Waals surface area contributed by atoms with Gasteiger partial charge < -0.3 is 14.9 Å². The number of aryl methyl sites for hydroxylation is 2. The van der Waals surface area contributed by atoms with Crippen LogP contribution in [0.3, 0.4) is 0 Å². The van der Waals surface area contributed by atoms with Crippen molar-refractivity contribution in [3.05, 3.63) is 65.6 Å². The summed E-state index contributed by atoms with van der Waals surface area (Å²) >= 11 is 0. The molecule has 0 bridgehead atoms. The summed E-state index contributed by atoms with van der Waals surface area (Å²) in [7, 11) is 2.09. The van der Waals surface area contributed by atoms with Gasteiger partial charge in [0.2, 0.25) is 0 Å².